The molecule has 0 bridgehead atoms. The minimum absolute atomic E-state index is 0.0206. The highest BCUT2D eigenvalue weighted by atomic mass is 16.5. The van der Waals surface area contributed by atoms with Crippen molar-refractivity contribution in [3.05, 3.63) is 53.6 Å². The fraction of sp³-hybridized carbons (Fsp3) is 0.350. The van der Waals surface area contributed by atoms with Crippen molar-refractivity contribution in [2.24, 2.45) is 5.73 Å². The van der Waals surface area contributed by atoms with Crippen LogP contribution in [0.5, 0.6) is 17.2 Å². The van der Waals surface area contributed by atoms with Crippen LogP contribution < -0.4 is 19.9 Å². The highest BCUT2D eigenvalue weighted by Gasteiger charge is 2.34. The van der Waals surface area contributed by atoms with Crippen LogP contribution in [0.15, 0.2) is 42.5 Å². The van der Waals surface area contributed by atoms with Gasteiger partial charge in [-0.3, -0.25) is 4.79 Å². The minimum atomic E-state index is -0.0206. The van der Waals surface area contributed by atoms with E-state index in [4.69, 9.17) is 19.9 Å². The average Bonchev–Trinajstić information content (AvgIpc) is 2.65. The van der Waals surface area contributed by atoms with Gasteiger partial charge in [-0.1, -0.05) is 12.1 Å². The Morgan fingerprint density at radius 2 is 2.00 bits per heavy atom. The Morgan fingerprint density at radius 3 is 2.65 bits per heavy atom. The molecule has 1 aliphatic heterocycles. The van der Waals surface area contributed by atoms with Gasteiger partial charge in [0.25, 0.3) is 5.91 Å². The highest BCUT2D eigenvalue weighted by Crippen LogP contribution is 2.37. The number of nitrogens with two attached hydrogens (primary N) is 1. The van der Waals surface area contributed by atoms with Gasteiger partial charge in [-0.25, -0.2) is 0 Å². The van der Waals surface area contributed by atoms with E-state index in [1.54, 1.807) is 32.4 Å². The van der Waals surface area contributed by atoms with Gasteiger partial charge < -0.3 is 24.8 Å². The first-order valence-electron chi connectivity index (χ1n) is 8.63. The Bertz CT molecular complexity index is 778. The summed E-state index contributed by atoms with van der Waals surface area (Å²) in [5.74, 6) is 1.89. The summed E-state index contributed by atoms with van der Waals surface area (Å²) in [7, 11) is 3.20. The molecule has 26 heavy (non-hydrogen) atoms. The fourth-order valence-corrected chi connectivity index (χ4v) is 3.08. The van der Waals surface area contributed by atoms with E-state index in [0.29, 0.717) is 30.2 Å². The Balaban J connectivity index is 1.78. The van der Waals surface area contributed by atoms with Gasteiger partial charge in [0.1, 0.15) is 12.4 Å². The molecule has 6 heteroatoms. The van der Waals surface area contributed by atoms with Crippen molar-refractivity contribution in [1.29, 1.82) is 0 Å². The second-order valence-corrected chi connectivity index (χ2v) is 6.08. The molecule has 138 valence electrons. The number of methoxy groups -OCH3 is 2. The topological polar surface area (TPSA) is 74.0 Å². The molecule has 2 aromatic carbocycles. The van der Waals surface area contributed by atoms with Crippen molar-refractivity contribution in [2.75, 3.05) is 33.9 Å². The Labute approximate surface area is 153 Å². The maximum atomic E-state index is 12.9. The zero-order valence-electron chi connectivity index (χ0n) is 15.1. The maximum Gasteiger partial charge on any atom is 0.254 e. The van der Waals surface area contributed by atoms with E-state index >= 15 is 0 Å². The molecule has 1 heterocycles. The van der Waals surface area contributed by atoms with Crippen molar-refractivity contribution < 1.29 is 19.0 Å². The quantitative estimate of drug-likeness (QED) is 0.825. The molecule has 1 aliphatic rings. The van der Waals surface area contributed by atoms with Crippen molar-refractivity contribution in [3.63, 3.8) is 0 Å². The first-order valence-corrected chi connectivity index (χ1v) is 8.63. The van der Waals surface area contributed by atoms with Crippen LogP contribution in [0.2, 0.25) is 0 Å². The van der Waals surface area contributed by atoms with Crippen LogP contribution in [0.25, 0.3) is 0 Å². The molecule has 6 nitrogen and oxygen atoms in total. The van der Waals surface area contributed by atoms with Crippen LogP contribution in [0.1, 0.15) is 28.4 Å². The van der Waals surface area contributed by atoms with Gasteiger partial charge >= 0.3 is 0 Å². The van der Waals surface area contributed by atoms with E-state index in [9.17, 15) is 4.79 Å². The van der Waals surface area contributed by atoms with Crippen LogP contribution in [0, 0.1) is 0 Å². The summed E-state index contributed by atoms with van der Waals surface area (Å²) in [6.07, 6.45) is 0.938. The van der Waals surface area contributed by atoms with Crippen molar-refractivity contribution in [2.45, 2.75) is 12.5 Å². The lowest BCUT2D eigenvalue weighted by Crippen LogP contribution is -2.45. The summed E-state index contributed by atoms with van der Waals surface area (Å²) in [6.45, 7) is 1.54. The van der Waals surface area contributed by atoms with Crippen molar-refractivity contribution in [1.82, 2.24) is 4.90 Å². The Hall–Kier alpha value is -2.73. The molecule has 0 radical (unpaired) electrons. The third kappa shape index (κ3) is 3.60. The molecular formula is C20H24N2O4. The molecule has 1 saturated heterocycles. The van der Waals surface area contributed by atoms with E-state index in [1.807, 2.05) is 29.2 Å². The zero-order valence-corrected chi connectivity index (χ0v) is 15.1. The molecule has 0 aliphatic carbocycles. The second-order valence-electron chi connectivity index (χ2n) is 6.08. The third-order valence-corrected chi connectivity index (χ3v) is 4.55. The lowest BCUT2D eigenvalue weighted by atomic mass is 9.93. The molecule has 2 N–H and O–H groups in total. The zero-order chi connectivity index (χ0) is 18.5. The molecule has 2 aromatic rings. The van der Waals surface area contributed by atoms with Crippen molar-refractivity contribution >= 4 is 5.91 Å². The molecule has 0 aromatic heterocycles. The molecule has 1 unspecified atom stereocenters. The number of carbonyl (C=O) groups is 1. The Morgan fingerprint density at radius 1 is 1.15 bits per heavy atom. The monoisotopic (exact) mass is 356 g/mol. The molecular weight excluding hydrogens is 332 g/mol. The lowest BCUT2D eigenvalue weighted by molar-refractivity contribution is 0.0459. The van der Waals surface area contributed by atoms with Gasteiger partial charge in [-0.15, -0.1) is 0 Å². The van der Waals surface area contributed by atoms with Gasteiger partial charge in [0.05, 0.1) is 20.3 Å². The molecule has 3 rings (SSSR count). The molecule has 0 spiro atoms. The number of amides is 1. The summed E-state index contributed by atoms with van der Waals surface area (Å²) < 4.78 is 16.2. The Kier molecular flexibility index (Phi) is 5.63. The lowest BCUT2D eigenvalue weighted by Gasteiger charge is -2.41. The number of carbonyl (C=O) groups excluding carboxylic acids is 1. The van der Waals surface area contributed by atoms with E-state index in [0.717, 1.165) is 24.3 Å². The van der Waals surface area contributed by atoms with E-state index in [-0.39, 0.29) is 11.9 Å². The van der Waals surface area contributed by atoms with E-state index < -0.39 is 0 Å². The summed E-state index contributed by atoms with van der Waals surface area (Å²) in [5, 5.41) is 0. The summed E-state index contributed by atoms with van der Waals surface area (Å²) in [6, 6.07) is 13.2. The molecule has 1 amide bonds. The number of hydrogen-bond donors (Lipinski definition) is 1. The van der Waals surface area contributed by atoms with Crippen LogP contribution >= 0.6 is 0 Å². The normalized spacial score (nSPS) is 16.0. The molecule has 0 saturated carbocycles. The summed E-state index contributed by atoms with van der Waals surface area (Å²) >= 11 is 0. The van der Waals surface area contributed by atoms with Gasteiger partial charge in [0.2, 0.25) is 0 Å². The summed E-state index contributed by atoms with van der Waals surface area (Å²) in [5.41, 5.74) is 7.13. The van der Waals surface area contributed by atoms with Gasteiger partial charge in [0, 0.05) is 18.7 Å². The maximum absolute atomic E-state index is 12.9. The number of ether oxygens (including phenoxy) is 3. The van der Waals surface area contributed by atoms with Gasteiger partial charge in [-0.2, -0.15) is 0 Å². The first-order chi connectivity index (χ1) is 12.7. The molecule has 1 atom stereocenters. The van der Waals surface area contributed by atoms with Crippen molar-refractivity contribution in [3.8, 4) is 17.2 Å². The van der Waals surface area contributed by atoms with Crippen LogP contribution in [-0.4, -0.2) is 44.7 Å². The largest absolute Gasteiger partial charge is 0.497 e. The number of hydrogen-bond acceptors (Lipinski definition) is 5. The van der Waals surface area contributed by atoms with E-state index in [2.05, 4.69) is 0 Å². The van der Waals surface area contributed by atoms with Crippen LogP contribution in [-0.2, 0) is 0 Å². The number of benzene rings is 2. The predicted molar refractivity (Wildman–Crippen MR) is 98.9 cm³/mol. The highest BCUT2D eigenvalue weighted by molar-refractivity contribution is 5.95. The van der Waals surface area contributed by atoms with Gasteiger partial charge in [0.15, 0.2) is 11.5 Å². The average molecular weight is 356 g/mol. The second kappa shape index (κ2) is 8.10. The smallest absolute Gasteiger partial charge is 0.254 e. The van der Waals surface area contributed by atoms with E-state index in [1.165, 1.54) is 0 Å². The number of nitrogens with zero attached hydrogens (tertiary/aromatic N) is 1. The predicted octanol–water partition coefficient (Wildman–Crippen LogP) is 2.63. The third-order valence-electron chi connectivity index (χ3n) is 4.55. The number of rotatable bonds is 7. The standard InChI is InChI=1S/C20H24N2O4/c1-24-16-5-3-4-14(12-16)17-8-10-22(17)20(23)15-6-7-18(26-11-9-21)19(13-15)25-2/h3-7,12-13,17H,8-11,21H2,1-2H3. The first kappa shape index (κ1) is 18.1. The van der Waals surface area contributed by atoms with Gasteiger partial charge in [-0.05, 0) is 42.3 Å². The van der Waals surface area contributed by atoms with Crippen LogP contribution in [0.4, 0.5) is 0 Å². The minimum Gasteiger partial charge on any atom is -0.497 e. The fourth-order valence-electron chi connectivity index (χ4n) is 3.08. The summed E-state index contributed by atoms with van der Waals surface area (Å²) in [4.78, 5) is 14.8. The molecule has 1 fully saturated rings. The SMILES string of the molecule is COc1cccc(C2CCN2C(=O)c2ccc(OCCN)c(OC)c2)c1. The van der Waals surface area contributed by atoms with Crippen LogP contribution in [0.3, 0.4) is 0 Å². The number of likely N-dealkylation sites (tertiary alicyclic amines) is 1.